The Morgan fingerprint density at radius 3 is 2.55 bits per heavy atom. The molecule has 0 spiro atoms. The van der Waals surface area contributed by atoms with Crippen LogP contribution in [-0.2, 0) is 33.6 Å². The van der Waals surface area contributed by atoms with Crippen molar-refractivity contribution < 1.29 is 27.5 Å². The summed E-state index contributed by atoms with van der Waals surface area (Å²) in [7, 11) is 0. The molecule has 2 aliphatic heterocycles. The molecule has 2 aromatic rings. The Balaban J connectivity index is 1.33. The zero-order valence-electron chi connectivity index (χ0n) is 18.1. The number of nitrogens with one attached hydrogen (secondary N) is 1. The number of carbonyl (C=O) groups excluding carboxylic acids is 2. The number of morpholine rings is 1. The summed E-state index contributed by atoms with van der Waals surface area (Å²) in [5, 5.41) is 2.87. The lowest BCUT2D eigenvalue weighted by molar-refractivity contribution is -0.137. The lowest BCUT2D eigenvalue weighted by atomic mass is 10.1. The first kappa shape index (κ1) is 23.3. The van der Waals surface area contributed by atoms with E-state index in [0.717, 1.165) is 56.1 Å². The Morgan fingerprint density at radius 1 is 1.06 bits per heavy atom. The molecule has 1 atom stereocenters. The maximum Gasteiger partial charge on any atom is 0.416 e. The fraction of sp³-hybridized carbons (Fsp3) is 0.417. The quantitative estimate of drug-likeness (QED) is 0.718. The van der Waals surface area contributed by atoms with Gasteiger partial charge in [-0.2, -0.15) is 13.2 Å². The minimum Gasteiger partial charge on any atom is -0.379 e. The molecule has 33 heavy (non-hydrogen) atoms. The van der Waals surface area contributed by atoms with Crippen LogP contribution in [0.2, 0.25) is 0 Å². The number of carbonyl (C=O) groups is 2. The lowest BCUT2D eigenvalue weighted by Crippen LogP contribution is -2.35. The van der Waals surface area contributed by atoms with Crippen LogP contribution in [0.1, 0.15) is 23.1 Å². The Bertz CT molecular complexity index is 1010. The van der Waals surface area contributed by atoms with Gasteiger partial charge in [0.1, 0.15) is 0 Å². The van der Waals surface area contributed by atoms with E-state index in [1.165, 1.54) is 17.0 Å². The maximum atomic E-state index is 13.0. The normalized spacial score (nSPS) is 19.7. The molecule has 176 valence electrons. The molecule has 0 bridgehead atoms. The van der Waals surface area contributed by atoms with Crippen molar-refractivity contribution in [3.05, 3.63) is 65.2 Å². The molecule has 2 aliphatic rings. The zero-order chi connectivity index (χ0) is 23.4. The Labute approximate surface area is 190 Å². The lowest BCUT2D eigenvalue weighted by Gasteiger charge is -2.26. The number of hydrogen-bond donors (Lipinski definition) is 1. The average molecular weight is 461 g/mol. The number of rotatable bonds is 6. The molecule has 2 aromatic carbocycles. The third-order valence-corrected chi connectivity index (χ3v) is 5.95. The fourth-order valence-corrected chi connectivity index (χ4v) is 4.17. The molecule has 2 fully saturated rings. The van der Waals surface area contributed by atoms with Crippen LogP contribution in [0.4, 0.5) is 18.9 Å². The Morgan fingerprint density at radius 2 is 1.79 bits per heavy atom. The molecule has 2 amide bonds. The summed E-state index contributed by atoms with van der Waals surface area (Å²) in [6.45, 7) is 4.43. The molecular weight excluding hydrogens is 435 g/mol. The van der Waals surface area contributed by atoms with Crippen molar-refractivity contribution >= 4 is 17.5 Å². The van der Waals surface area contributed by atoms with E-state index in [9.17, 15) is 22.8 Å². The van der Waals surface area contributed by atoms with Crippen molar-refractivity contribution in [3.63, 3.8) is 0 Å². The maximum absolute atomic E-state index is 13.0. The van der Waals surface area contributed by atoms with E-state index in [1.54, 1.807) is 0 Å². The van der Waals surface area contributed by atoms with Gasteiger partial charge in [-0.1, -0.05) is 30.3 Å². The standard InChI is InChI=1S/C24H26F3N3O3/c25-24(26,27)20-5-2-6-21(13-20)30-16-19(12-22(30)31)23(32)28-14-17-3-1-4-18(11-17)15-29-7-9-33-10-8-29/h1-6,11,13,19H,7-10,12,14-16H2,(H,28,32). The van der Waals surface area contributed by atoms with E-state index in [0.29, 0.717) is 6.54 Å². The van der Waals surface area contributed by atoms with Crippen LogP contribution >= 0.6 is 0 Å². The minimum absolute atomic E-state index is 0.0286. The van der Waals surface area contributed by atoms with Gasteiger partial charge in [0.05, 0.1) is 24.7 Å². The van der Waals surface area contributed by atoms with Crippen molar-refractivity contribution in [3.8, 4) is 0 Å². The molecule has 0 saturated carbocycles. The largest absolute Gasteiger partial charge is 0.416 e. The van der Waals surface area contributed by atoms with Gasteiger partial charge >= 0.3 is 6.18 Å². The summed E-state index contributed by atoms with van der Waals surface area (Å²) in [6.07, 6.45) is -4.52. The summed E-state index contributed by atoms with van der Waals surface area (Å²) >= 11 is 0. The van der Waals surface area contributed by atoms with E-state index >= 15 is 0 Å². The van der Waals surface area contributed by atoms with Crippen molar-refractivity contribution in [1.29, 1.82) is 0 Å². The summed E-state index contributed by atoms with van der Waals surface area (Å²) in [6, 6.07) is 12.6. The number of benzene rings is 2. The SMILES string of the molecule is O=C(NCc1cccc(CN2CCOCC2)c1)C1CC(=O)N(c2cccc(C(F)(F)F)c2)C1. The van der Waals surface area contributed by atoms with Crippen LogP contribution in [0.5, 0.6) is 0 Å². The highest BCUT2D eigenvalue weighted by Crippen LogP contribution is 2.33. The third-order valence-electron chi connectivity index (χ3n) is 5.95. The number of ether oxygens (including phenoxy) is 1. The minimum atomic E-state index is -4.49. The second kappa shape index (κ2) is 9.93. The molecule has 2 saturated heterocycles. The van der Waals surface area contributed by atoms with E-state index in [4.69, 9.17) is 4.74 Å². The first-order valence-electron chi connectivity index (χ1n) is 10.9. The van der Waals surface area contributed by atoms with Gasteiger partial charge in [0.25, 0.3) is 0 Å². The molecule has 4 rings (SSSR count). The number of anilines is 1. The summed E-state index contributed by atoms with van der Waals surface area (Å²) in [5.74, 6) is -1.25. The highest BCUT2D eigenvalue weighted by molar-refractivity contribution is 6.00. The van der Waals surface area contributed by atoms with Crippen LogP contribution < -0.4 is 10.2 Å². The first-order chi connectivity index (χ1) is 15.8. The van der Waals surface area contributed by atoms with Gasteiger partial charge in [0, 0.05) is 44.8 Å². The van der Waals surface area contributed by atoms with E-state index in [2.05, 4.69) is 10.2 Å². The first-order valence-corrected chi connectivity index (χ1v) is 10.9. The number of hydrogen-bond acceptors (Lipinski definition) is 4. The van der Waals surface area contributed by atoms with E-state index in [-0.39, 0.29) is 30.5 Å². The Kier molecular flexibility index (Phi) is 6.99. The third kappa shape index (κ3) is 5.91. The topological polar surface area (TPSA) is 61.9 Å². The molecule has 0 aliphatic carbocycles. The molecule has 2 heterocycles. The number of amides is 2. The van der Waals surface area contributed by atoms with Gasteiger partial charge in [-0.3, -0.25) is 14.5 Å². The molecule has 1 N–H and O–H groups in total. The van der Waals surface area contributed by atoms with E-state index in [1.807, 2.05) is 24.3 Å². The number of nitrogens with zero attached hydrogens (tertiary/aromatic N) is 2. The smallest absolute Gasteiger partial charge is 0.379 e. The van der Waals surface area contributed by atoms with Gasteiger partial charge in [-0.25, -0.2) is 0 Å². The van der Waals surface area contributed by atoms with Gasteiger partial charge < -0.3 is 15.0 Å². The van der Waals surface area contributed by atoms with Crippen LogP contribution in [0, 0.1) is 5.92 Å². The van der Waals surface area contributed by atoms with Gasteiger partial charge in [0.2, 0.25) is 11.8 Å². The summed E-state index contributed by atoms with van der Waals surface area (Å²) in [4.78, 5) is 28.7. The average Bonchev–Trinajstić information content (AvgIpc) is 3.20. The van der Waals surface area contributed by atoms with E-state index < -0.39 is 17.7 Å². The van der Waals surface area contributed by atoms with Crippen LogP contribution in [0.3, 0.4) is 0 Å². The summed E-state index contributed by atoms with van der Waals surface area (Å²) < 4.78 is 44.4. The fourth-order valence-electron chi connectivity index (χ4n) is 4.17. The van der Waals surface area contributed by atoms with Crippen LogP contribution in [-0.4, -0.2) is 49.6 Å². The highest BCUT2D eigenvalue weighted by atomic mass is 19.4. The monoisotopic (exact) mass is 461 g/mol. The van der Waals surface area contributed by atoms with Gasteiger partial charge in [-0.05, 0) is 29.3 Å². The van der Waals surface area contributed by atoms with Crippen molar-refractivity contribution in [2.45, 2.75) is 25.7 Å². The molecular formula is C24H26F3N3O3. The molecule has 0 aromatic heterocycles. The van der Waals surface area contributed by atoms with Crippen molar-refractivity contribution in [1.82, 2.24) is 10.2 Å². The van der Waals surface area contributed by atoms with Gasteiger partial charge in [-0.15, -0.1) is 0 Å². The highest BCUT2D eigenvalue weighted by Gasteiger charge is 2.36. The number of halogens is 3. The molecule has 0 radical (unpaired) electrons. The van der Waals surface area contributed by atoms with Crippen molar-refractivity contribution in [2.75, 3.05) is 37.7 Å². The number of alkyl halides is 3. The zero-order valence-corrected chi connectivity index (χ0v) is 18.1. The van der Waals surface area contributed by atoms with Crippen molar-refractivity contribution in [2.24, 2.45) is 5.92 Å². The molecule has 9 heteroatoms. The predicted molar refractivity (Wildman–Crippen MR) is 116 cm³/mol. The molecule has 6 nitrogen and oxygen atoms in total. The van der Waals surface area contributed by atoms with Gasteiger partial charge in [0.15, 0.2) is 0 Å². The Hall–Kier alpha value is -2.91. The second-order valence-electron chi connectivity index (χ2n) is 8.38. The second-order valence-corrected chi connectivity index (χ2v) is 8.38. The van der Waals surface area contributed by atoms with Crippen LogP contribution in [0.15, 0.2) is 48.5 Å². The summed E-state index contributed by atoms with van der Waals surface area (Å²) in [5.41, 5.74) is 1.43. The van der Waals surface area contributed by atoms with Crippen LogP contribution in [0.25, 0.3) is 0 Å². The molecule has 1 unspecified atom stereocenters. The predicted octanol–water partition coefficient (Wildman–Crippen LogP) is 3.21.